The van der Waals surface area contributed by atoms with Gasteiger partial charge in [0.05, 0.1) is 30.8 Å². The van der Waals surface area contributed by atoms with Crippen LogP contribution in [0, 0.1) is 0 Å². The lowest BCUT2D eigenvalue weighted by Crippen LogP contribution is -2.11. The second kappa shape index (κ2) is 8.64. The van der Waals surface area contributed by atoms with Gasteiger partial charge in [-0.05, 0) is 29.1 Å². The number of H-pyrrole nitrogens is 1. The van der Waals surface area contributed by atoms with Gasteiger partial charge in [-0.3, -0.25) is 0 Å². The molecule has 2 aromatic carbocycles. The van der Waals surface area contributed by atoms with E-state index in [1.54, 1.807) is 14.2 Å². The van der Waals surface area contributed by atoms with Gasteiger partial charge in [-0.2, -0.15) is 0 Å². The first-order chi connectivity index (χ1) is 12.3. The number of aromatic amines is 1. The SMILES string of the molecule is COc1ccc(Cc2[nH+]ccc3ccccc23)cc1OC.CS(=O)(=O)[O-]. The van der Waals surface area contributed by atoms with E-state index in [1.807, 2.05) is 18.3 Å². The van der Waals surface area contributed by atoms with Crippen LogP contribution in [0.1, 0.15) is 11.3 Å². The molecule has 1 N–H and O–H groups in total. The largest absolute Gasteiger partial charge is 0.748 e. The van der Waals surface area contributed by atoms with Gasteiger partial charge in [-0.1, -0.05) is 24.3 Å². The van der Waals surface area contributed by atoms with Crippen LogP contribution < -0.4 is 14.5 Å². The average Bonchev–Trinajstić information content (AvgIpc) is 2.60. The Morgan fingerprint density at radius 2 is 1.65 bits per heavy atom. The number of benzene rings is 2. The molecule has 3 aromatic rings. The highest BCUT2D eigenvalue weighted by molar-refractivity contribution is 7.84. The van der Waals surface area contributed by atoms with Crippen LogP contribution in [0.25, 0.3) is 10.8 Å². The fourth-order valence-corrected chi connectivity index (χ4v) is 2.57. The van der Waals surface area contributed by atoms with Crippen molar-refractivity contribution in [3.8, 4) is 11.5 Å². The van der Waals surface area contributed by atoms with Crippen molar-refractivity contribution in [2.24, 2.45) is 0 Å². The van der Waals surface area contributed by atoms with Crippen LogP contribution >= 0.6 is 0 Å². The summed E-state index contributed by atoms with van der Waals surface area (Å²) in [6.45, 7) is 0. The van der Waals surface area contributed by atoms with E-state index in [1.165, 1.54) is 22.0 Å². The highest BCUT2D eigenvalue weighted by atomic mass is 32.2. The highest BCUT2D eigenvalue weighted by Crippen LogP contribution is 2.28. The lowest BCUT2D eigenvalue weighted by molar-refractivity contribution is -0.387. The smallest absolute Gasteiger partial charge is 0.191 e. The molecule has 0 aliphatic carbocycles. The Balaban J connectivity index is 0.000000431. The minimum absolute atomic E-state index is 0.604. The number of nitrogens with one attached hydrogen (secondary N) is 1. The molecule has 1 heterocycles. The summed E-state index contributed by atoms with van der Waals surface area (Å²) >= 11 is 0. The Bertz CT molecular complexity index is 973. The highest BCUT2D eigenvalue weighted by Gasteiger charge is 2.11. The van der Waals surface area contributed by atoms with Gasteiger partial charge in [0.1, 0.15) is 0 Å². The molecule has 0 atom stereocenters. The third kappa shape index (κ3) is 5.72. The molecule has 1 aromatic heterocycles. The van der Waals surface area contributed by atoms with Crippen molar-refractivity contribution < 1.29 is 27.4 Å². The van der Waals surface area contributed by atoms with Crippen molar-refractivity contribution in [3.05, 3.63) is 66.0 Å². The third-order valence-electron chi connectivity index (χ3n) is 3.64. The Morgan fingerprint density at radius 3 is 2.31 bits per heavy atom. The van der Waals surface area contributed by atoms with Crippen LogP contribution in [0.15, 0.2) is 54.7 Å². The normalized spacial score (nSPS) is 10.8. The molecule has 0 bridgehead atoms. The second-order valence-electron chi connectivity index (χ2n) is 5.61. The molecule has 0 saturated carbocycles. The van der Waals surface area contributed by atoms with E-state index in [2.05, 4.69) is 41.4 Å². The summed E-state index contributed by atoms with van der Waals surface area (Å²) in [4.78, 5) is 3.35. The second-order valence-corrected chi connectivity index (χ2v) is 7.02. The summed E-state index contributed by atoms with van der Waals surface area (Å²) in [5.74, 6) is 1.51. The molecule has 0 fully saturated rings. The average molecular weight is 375 g/mol. The predicted molar refractivity (Wildman–Crippen MR) is 98.5 cm³/mol. The molecule has 0 aliphatic rings. The Morgan fingerprint density at radius 1 is 1.00 bits per heavy atom. The van der Waals surface area contributed by atoms with Crippen molar-refractivity contribution >= 4 is 20.9 Å². The molecule has 7 heteroatoms. The lowest BCUT2D eigenvalue weighted by atomic mass is 10.0. The topological polar surface area (TPSA) is 89.8 Å². The number of rotatable bonds is 4. The zero-order valence-corrected chi connectivity index (χ0v) is 15.7. The molecule has 0 saturated heterocycles. The number of hydrogen-bond acceptors (Lipinski definition) is 5. The van der Waals surface area contributed by atoms with Crippen molar-refractivity contribution in [2.45, 2.75) is 6.42 Å². The Labute approximate surface area is 153 Å². The molecular formula is C19H21NO5S. The Hall–Kier alpha value is -2.64. The first kappa shape index (κ1) is 19.7. The van der Waals surface area contributed by atoms with E-state index in [0.717, 1.165) is 17.9 Å². The van der Waals surface area contributed by atoms with Crippen LogP contribution in [0.5, 0.6) is 11.5 Å². The van der Waals surface area contributed by atoms with Gasteiger partial charge >= 0.3 is 0 Å². The van der Waals surface area contributed by atoms with Crippen LogP contribution in [0.4, 0.5) is 0 Å². The summed E-state index contributed by atoms with van der Waals surface area (Å²) in [5, 5.41) is 2.49. The number of pyridine rings is 1. The van der Waals surface area contributed by atoms with Crippen molar-refractivity contribution in [1.82, 2.24) is 0 Å². The predicted octanol–water partition coefficient (Wildman–Crippen LogP) is 2.42. The zero-order chi connectivity index (χ0) is 19.2. The van der Waals surface area contributed by atoms with Crippen LogP contribution in [-0.4, -0.2) is 33.4 Å². The third-order valence-corrected chi connectivity index (χ3v) is 3.64. The molecule has 26 heavy (non-hydrogen) atoms. The first-order valence-electron chi connectivity index (χ1n) is 7.82. The summed E-state index contributed by atoms with van der Waals surface area (Å²) in [5.41, 5.74) is 2.38. The number of methoxy groups -OCH3 is 2. The van der Waals surface area contributed by atoms with E-state index in [0.29, 0.717) is 6.26 Å². The van der Waals surface area contributed by atoms with Crippen molar-refractivity contribution in [1.29, 1.82) is 0 Å². The van der Waals surface area contributed by atoms with Gasteiger partial charge in [0.15, 0.2) is 23.4 Å². The quantitative estimate of drug-likeness (QED) is 0.653. The Kier molecular flexibility index (Phi) is 6.54. The summed E-state index contributed by atoms with van der Waals surface area (Å²) in [6, 6.07) is 16.5. The molecule has 0 unspecified atom stereocenters. The maximum Gasteiger partial charge on any atom is 0.191 e. The van der Waals surface area contributed by atoms with Crippen LogP contribution in [0.3, 0.4) is 0 Å². The number of ether oxygens (including phenoxy) is 2. The molecule has 0 aliphatic heterocycles. The fourth-order valence-electron chi connectivity index (χ4n) is 2.57. The minimum atomic E-state index is -3.92. The standard InChI is InChI=1S/C18H17NO2.CH4O3S/c1-20-17-8-7-13(12-18(17)21-2)11-16-15-6-4-3-5-14(15)9-10-19-16;1-5(2,3)4/h3-10,12H,11H2,1-2H3;1H3,(H,2,3,4). The van der Waals surface area contributed by atoms with Gasteiger partial charge in [-0.25, -0.2) is 13.4 Å². The number of fused-ring (bicyclic) bond motifs is 1. The molecule has 138 valence electrons. The van der Waals surface area contributed by atoms with Crippen molar-refractivity contribution in [2.75, 3.05) is 20.5 Å². The van der Waals surface area contributed by atoms with Gasteiger partial charge in [0, 0.05) is 17.7 Å². The summed E-state index contributed by atoms with van der Waals surface area (Å²) in [6.07, 6.45) is 3.41. The van der Waals surface area contributed by atoms with Crippen molar-refractivity contribution in [3.63, 3.8) is 0 Å². The van der Waals surface area contributed by atoms with E-state index >= 15 is 0 Å². The molecule has 3 rings (SSSR count). The zero-order valence-electron chi connectivity index (χ0n) is 14.9. The van der Waals surface area contributed by atoms with E-state index < -0.39 is 10.1 Å². The van der Waals surface area contributed by atoms with Crippen LogP contribution in [0.2, 0.25) is 0 Å². The van der Waals surface area contributed by atoms with E-state index in [4.69, 9.17) is 22.4 Å². The van der Waals surface area contributed by atoms with Gasteiger partial charge in [0.2, 0.25) is 0 Å². The molecule has 0 amide bonds. The van der Waals surface area contributed by atoms with Crippen LogP contribution in [-0.2, 0) is 16.5 Å². The number of hydrogen-bond donors (Lipinski definition) is 0. The molecule has 0 spiro atoms. The monoisotopic (exact) mass is 375 g/mol. The fraction of sp³-hybridized carbons (Fsp3) is 0.211. The van der Waals surface area contributed by atoms with Gasteiger partial charge in [0.25, 0.3) is 0 Å². The minimum Gasteiger partial charge on any atom is -0.748 e. The maximum atomic E-state index is 9.08. The van der Waals surface area contributed by atoms with E-state index in [9.17, 15) is 0 Å². The van der Waals surface area contributed by atoms with Gasteiger partial charge < -0.3 is 14.0 Å². The number of aromatic nitrogens is 1. The molecular weight excluding hydrogens is 354 g/mol. The first-order valence-corrected chi connectivity index (χ1v) is 9.63. The molecule has 6 nitrogen and oxygen atoms in total. The van der Waals surface area contributed by atoms with Gasteiger partial charge in [-0.15, -0.1) is 0 Å². The summed E-state index contributed by atoms with van der Waals surface area (Å²) in [7, 11) is -0.609. The lowest BCUT2D eigenvalue weighted by Gasteiger charge is -2.09. The molecule has 0 radical (unpaired) electrons. The maximum absolute atomic E-state index is 9.08. The van der Waals surface area contributed by atoms with E-state index in [-0.39, 0.29) is 0 Å². The summed E-state index contributed by atoms with van der Waals surface area (Å²) < 4.78 is 37.9.